The molecule has 0 N–H and O–H groups in total. The van der Waals surface area contributed by atoms with E-state index >= 15 is 0 Å². The predicted octanol–water partition coefficient (Wildman–Crippen LogP) is 3.71. The van der Waals surface area contributed by atoms with E-state index in [0.29, 0.717) is 5.02 Å². The van der Waals surface area contributed by atoms with Gasteiger partial charge >= 0.3 is 0 Å². The second kappa shape index (κ2) is 5.55. The van der Waals surface area contributed by atoms with Crippen molar-refractivity contribution in [1.29, 1.82) is 0 Å². The molecule has 0 spiro atoms. The van der Waals surface area contributed by atoms with Crippen molar-refractivity contribution in [2.75, 3.05) is 4.90 Å². The molecule has 1 rings (SSSR count). The Morgan fingerprint density at radius 2 is 1.69 bits per heavy atom. The Kier molecular flexibility index (Phi) is 4.63. The highest BCUT2D eigenvalue weighted by atomic mass is 35.5. The van der Waals surface area contributed by atoms with Crippen molar-refractivity contribution in [2.24, 2.45) is 0 Å². The summed E-state index contributed by atoms with van der Waals surface area (Å²) >= 11 is 11.6. The average molecular weight is 260 g/mol. The summed E-state index contributed by atoms with van der Waals surface area (Å²) < 4.78 is 0. The molecule has 1 aromatic carbocycles. The van der Waals surface area contributed by atoms with E-state index in [4.69, 9.17) is 23.2 Å². The fourth-order valence-corrected chi connectivity index (χ4v) is 1.70. The standard InChI is InChI=1S/C12H15Cl2NO/c1-8(2)15(12(16)9(3)13)11-6-4-10(14)5-7-11/h4-9H,1-3H3. The van der Waals surface area contributed by atoms with Crippen LogP contribution >= 0.6 is 23.2 Å². The van der Waals surface area contributed by atoms with Gasteiger partial charge in [-0.15, -0.1) is 11.6 Å². The first kappa shape index (κ1) is 13.3. The summed E-state index contributed by atoms with van der Waals surface area (Å²) in [5.74, 6) is -0.0982. The second-order valence-electron chi connectivity index (χ2n) is 3.89. The first-order chi connectivity index (χ1) is 7.43. The molecule has 1 amide bonds. The summed E-state index contributed by atoms with van der Waals surface area (Å²) in [6, 6.07) is 7.23. The third-order valence-electron chi connectivity index (χ3n) is 2.20. The van der Waals surface area contributed by atoms with E-state index in [1.807, 2.05) is 26.0 Å². The zero-order valence-corrected chi connectivity index (χ0v) is 11.1. The van der Waals surface area contributed by atoms with Gasteiger partial charge in [0.15, 0.2) is 0 Å². The van der Waals surface area contributed by atoms with Crippen LogP contribution in [0.1, 0.15) is 20.8 Å². The van der Waals surface area contributed by atoms with Crippen LogP contribution in [0.15, 0.2) is 24.3 Å². The summed E-state index contributed by atoms with van der Waals surface area (Å²) in [5, 5.41) is 0.122. The summed E-state index contributed by atoms with van der Waals surface area (Å²) in [4.78, 5) is 13.6. The maximum absolute atomic E-state index is 11.9. The number of alkyl halides is 1. The Hall–Kier alpha value is -0.730. The first-order valence-electron chi connectivity index (χ1n) is 5.16. The minimum atomic E-state index is -0.530. The lowest BCUT2D eigenvalue weighted by molar-refractivity contribution is -0.118. The van der Waals surface area contributed by atoms with Gasteiger partial charge < -0.3 is 4.90 Å². The van der Waals surface area contributed by atoms with E-state index < -0.39 is 5.38 Å². The number of anilines is 1. The van der Waals surface area contributed by atoms with E-state index in [9.17, 15) is 4.79 Å². The van der Waals surface area contributed by atoms with Gasteiger partial charge in [-0.25, -0.2) is 0 Å². The number of carbonyl (C=O) groups is 1. The number of hydrogen-bond donors (Lipinski definition) is 0. The smallest absolute Gasteiger partial charge is 0.244 e. The van der Waals surface area contributed by atoms with Crippen molar-refractivity contribution in [3.05, 3.63) is 29.3 Å². The molecule has 0 saturated carbocycles. The fraction of sp³-hybridized carbons (Fsp3) is 0.417. The summed E-state index contributed by atoms with van der Waals surface area (Å²) in [7, 11) is 0. The van der Waals surface area contributed by atoms with Gasteiger partial charge in [0.05, 0.1) is 0 Å². The van der Waals surface area contributed by atoms with Gasteiger partial charge in [-0.05, 0) is 45.0 Å². The highest BCUT2D eigenvalue weighted by Crippen LogP contribution is 2.21. The molecule has 0 saturated heterocycles. The molecule has 88 valence electrons. The van der Waals surface area contributed by atoms with Crippen molar-refractivity contribution in [1.82, 2.24) is 0 Å². The Balaban J connectivity index is 3.03. The molecule has 4 heteroatoms. The van der Waals surface area contributed by atoms with E-state index in [1.165, 1.54) is 0 Å². The quantitative estimate of drug-likeness (QED) is 0.758. The summed E-state index contributed by atoms with van der Waals surface area (Å²) in [5.41, 5.74) is 0.817. The topological polar surface area (TPSA) is 20.3 Å². The van der Waals surface area contributed by atoms with Gasteiger partial charge in [0.25, 0.3) is 0 Å². The number of benzene rings is 1. The number of carbonyl (C=O) groups excluding carboxylic acids is 1. The van der Waals surface area contributed by atoms with E-state index in [0.717, 1.165) is 5.69 Å². The summed E-state index contributed by atoms with van der Waals surface area (Å²) in [6.45, 7) is 5.58. The van der Waals surface area contributed by atoms with Gasteiger partial charge in [-0.2, -0.15) is 0 Å². The van der Waals surface area contributed by atoms with Gasteiger partial charge in [-0.3, -0.25) is 4.79 Å². The zero-order valence-electron chi connectivity index (χ0n) is 9.58. The predicted molar refractivity (Wildman–Crippen MR) is 69.4 cm³/mol. The molecule has 0 aliphatic heterocycles. The Labute approximate surface area is 106 Å². The second-order valence-corrected chi connectivity index (χ2v) is 4.99. The van der Waals surface area contributed by atoms with Gasteiger partial charge in [0.1, 0.15) is 5.38 Å². The van der Waals surface area contributed by atoms with Crippen molar-refractivity contribution in [2.45, 2.75) is 32.2 Å². The highest BCUT2D eigenvalue weighted by Gasteiger charge is 2.22. The van der Waals surface area contributed by atoms with Crippen molar-refractivity contribution in [3.8, 4) is 0 Å². The summed E-state index contributed by atoms with van der Waals surface area (Å²) in [6.07, 6.45) is 0. The molecule has 16 heavy (non-hydrogen) atoms. The molecular formula is C12H15Cl2NO. The number of hydrogen-bond acceptors (Lipinski definition) is 1. The molecule has 1 unspecified atom stereocenters. The lowest BCUT2D eigenvalue weighted by Crippen LogP contribution is -2.40. The Morgan fingerprint density at radius 1 is 1.19 bits per heavy atom. The van der Waals surface area contributed by atoms with Crippen LogP contribution in [0.4, 0.5) is 5.69 Å². The zero-order chi connectivity index (χ0) is 12.3. The third kappa shape index (κ3) is 3.13. The van der Waals surface area contributed by atoms with E-state index in [2.05, 4.69) is 0 Å². The number of nitrogens with zero attached hydrogens (tertiary/aromatic N) is 1. The van der Waals surface area contributed by atoms with Crippen LogP contribution in [-0.2, 0) is 4.79 Å². The molecule has 0 fully saturated rings. The SMILES string of the molecule is CC(Cl)C(=O)N(c1ccc(Cl)cc1)C(C)C. The van der Waals surface area contributed by atoms with Crippen LogP contribution in [-0.4, -0.2) is 17.3 Å². The lowest BCUT2D eigenvalue weighted by atomic mass is 10.2. The molecule has 1 atom stereocenters. The molecule has 0 radical (unpaired) electrons. The van der Waals surface area contributed by atoms with Crippen molar-refractivity contribution in [3.63, 3.8) is 0 Å². The molecule has 0 heterocycles. The Morgan fingerprint density at radius 3 is 2.06 bits per heavy atom. The number of halogens is 2. The maximum atomic E-state index is 11.9. The molecule has 0 aliphatic rings. The average Bonchev–Trinajstić information content (AvgIpc) is 2.20. The van der Waals surface area contributed by atoms with Crippen LogP contribution < -0.4 is 4.90 Å². The van der Waals surface area contributed by atoms with Crippen LogP contribution in [0.5, 0.6) is 0 Å². The van der Waals surface area contributed by atoms with Crippen molar-refractivity contribution < 1.29 is 4.79 Å². The van der Waals surface area contributed by atoms with Crippen molar-refractivity contribution >= 4 is 34.8 Å². The molecule has 0 aromatic heterocycles. The van der Waals surface area contributed by atoms with E-state index in [-0.39, 0.29) is 11.9 Å². The largest absolute Gasteiger partial charge is 0.309 e. The Bertz CT molecular complexity index is 360. The fourth-order valence-electron chi connectivity index (χ4n) is 1.47. The number of amides is 1. The lowest BCUT2D eigenvalue weighted by Gasteiger charge is -2.28. The number of rotatable bonds is 3. The van der Waals surface area contributed by atoms with E-state index in [1.54, 1.807) is 24.0 Å². The molecule has 2 nitrogen and oxygen atoms in total. The third-order valence-corrected chi connectivity index (χ3v) is 2.64. The van der Waals surface area contributed by atoms with Crippen LogP contribution in [0.3, 0.4) is 0 Å². The van der Waals surface area contributed by atoms with Gasteiger partial charge in [-0.1, -0.05) is 11.6 Å². The normalized spacial score (nSPS) is 12.6. The van der Waals surface area contributed by atoms with Crippen LogP contribution in [0.25, 0.3) is 0 Å². The molecule has 0 bridgehead atoms. The molecule has 0 aliphatic carbocycles. The molecular weight excluding hydrogens is 245 g/mol. The molecule has 1 aromatic rings. The van der Waals surface area contributed by atoms with Gasteiger partial charge in [0.2, 0.25) is 5.91 Å². The van der Waals surface area contributed by atoms with Crippen LogP contribution in [0.2, 0.25) is 5.02 Å². The minimum absolute atomic E-state index is 0.0647. The minimum Gasteiger partial charge on any atom is -0.309 e. The van der Waals surface area contributed by atoms with Gasteiger partial charge in [0, 0.05) is 16.8 Å². The monoisotopic (exact) mass is 259 g/mol. The first-order valence-corrected chi connectivity index (χ1v) is 5.97. The highest BCUT2D eigenvalue weighted by molar-refractivity contribution is 6.32. The van der Waals surface area contributed by atoms with Crippen LogP contribution in [0, 0.1) is 0 Å². The maximum Gasteiger partial charge on any atom is 0.244 e.